The van der Waals surface area contributed by atoms with E-state index in [1.165, 1.54) is 29.3 Å². The Kier molecular flexibility index (Phi) is 5.51. The second kappa shape index (κ2) is 8.01. The van der Waals surface area contributed by atoms with Crippen molar-refractivity contribution in [1.82, 2.24) is 4.86 Å². The van der Waals surface area contributed by atoms with E-state index in [-0.39, 0.29) is 0 Å². The molecule has 1 fully saturated rings. The van der Waals surface area contributed by atoms with Crippen molar-refractivity contribution in [2.45, 2.75) is 24.2 Å². The molecule has 3 aromatic rings. The fraction of sp³-hybridized carbons (Fsp3) is 0.217. The molecule has 1 saturated heterocycles. The van der Waals surface area contributed by atoms with E-state index in [0.29, 0.717) is 20.0 Å². The van der Waals surface area contributed by atoms with Gasteiger partial charge in [-0.1, -0.05) is 0 Å². The van der Waals surface area contributed by atoms with Crippen molar-refractivity contribution >= 4 is 21.4 Å². The Labute approximate surface area is 159 Å². The molecule has 1 heterocycles. The summed E-state index contributed by atoms with van der Waals surface area (Å²) in [7, 11) is -1.06. The van der Waals surface area contributed by atoms with Crippen LogP contribution in [0, 0.1) is 0 Å². The Hall–Kier alpha value is -1.52. The maximum absolute atomic E-state index is 4.14. The predicted octanol–water partition coefficient (Wildman–Crippen LogP) is 6.07. The fourth-order valence-electron chi connectivity index (χ4n) is 4.47. The molecule has 3 atom stereocenters. The summed E-state index contributed by atoms with van der Waals surface area (Å²) < 4.78 is 0. The first-order valence-corrected chi connectivity index (χ1v) is 13.1. The second-order valence-electron chi connectivity index (χ2n) is 7.40. The van der Waals surface area contributed by atoms with E-state index < -0.39 is 7.41 Å². The van der Waals surface area contributed by atoms with Gasteiger partial charge < -0.3 is 0 Å². The predicted molar refractivity (Wildman–Crippen MR) is 119 cm³/mol. The van der Waals surface area contributed by atoms with Gasteiger partial charge in [0, 0.05) is 0 Å². The van der Waals surface area contributed by atoms with Crippen LogP contribution >= 0.6 is 16.1 Å². The summed E-state index contributed by atoms with van der Waals surface area (Å²) in [5.74, 6) is 0. The van der Waals surface area contributed by atoms with Crippen LogP contribution in [0.4, 0.5) is 0 Å². The van der Waals surface area contributed by atoms with Crippen LogP contribution in [0.3, 0.4) is 0 Å². The van der Waals surface area contributed by atoms with Crippen molar-refractivity contribution in [2.24, 2.45) is 0 Å². The summed E-state index contributed by atoms with van der Waals surface area (Å²) in [6.07, 6.45) is 2.58. The average molecular weight is 379 g/mol. The van der Waals surface area contributed by atoms with Crippen LogP contribution in [-0.4, -0.2) is 6.66 Å². The molecule has 26 heavy (non-hydrogen) atoms. The Morgan fingerprint density at radius 3 is 1.58 bits per heavy atom. The quantitative estimate of drug-likeness (QED) is 0.531. The van der Waals surface area contributed by atoms with Gasteiger partial charge in [0.15, 0.2) is 0 Å². The van der Waals surface area contributed by atoms with Crippen LogP contribution < -0.4 is 10.2 Å². The molecule has 3 aromatic carbocycles. The van der Waals surface area contributed by atoms with E-state index in [0.717, 1.165) is 0 Å². The SMILES string of the molecule is C[PH]1(NPc2ccccc2)[C@H](c2ccccc2)CC[C@H]1c1ccccc1. The van der Waals surface area contributed by atoms with Crippen molar-refractivity contribution in [3.63, 3.8) is 0 Å². The second-order valence-corrected chi connectivity index (χ2v) is 13.2. The molecule has 1 aliphatic heterocycles. The molecule has 3 heteroatoms. The molecule has 1 aliphatic rings. The van der Waals surface area contributed by atoms with Gasteiger partial charge in [-0.05, 0) is 0 Å². The Morgan fingerprint density at radius 1 is 0.692 bits per heavy atom. The normalized spacial score (nSPS) is 23.3. The monoisotopic (exact) mass is 379 g/mol. The average Bonchev–Trinajstić information content (AvgIpc) is 3.06. The molecule has 0 aromatic heterocycles. The van der Waals surface area contributed by atoms with Gasteiger partial charge in [-0.2, -0.15) is 0 Å². The summed E-state index contributed by atoms with van der Waals surface area (Å²) in [4.78, 5) is 4.14. The standard InChI is InChI=1S/C23H27NP2/c1-26(24-25-21-15-9-4-10-16-21)22(19-11-5-2-6-12-19)17-18-23(26)20-13-7-3-8-14-20/h2-16,22-26H,17-18H2,1H3/t22-,23-/m0/s1. The van der Waals surface area contributed by atoms with E-state index >= 15 is 0 Å². The molecule has 0 saturated carbocycles. The molecule has 0 bridgehead atoms. The molecule has 0 aliphatic carbocycles. The number of nitrogens with one attached hydrogen (secondary N) is 1. The fourth-order valence-corrected chi connectivity index (χ4v) is 11.7. The number of hydrogen-bond acceptors (Lipinski definition) is 1. The summed E-state index contributed by atoms with van der Waals surface area (Å²) >= 11 is 0. The van der Waals surface area contributed by atoms with Crippen molar-refractivity contribution in [1.29, 1.82) is 0 Å². The third kappa shape index (κ3) is 3.63. The summed E-state index contributed by atoms with van der Waals surface area (Å²) in [5, 5.41) is 1.41. The van der Waals surface area contributed by atoms with E-state index in [1.807, 2.05) is 0 Å². The molecule has 0 spiro atoms. The van der Waals surface area contributed by atoms with Gasteiger partial charge in [-0.25, -0.2) is 0 Å². The summed E-state index contributed by atoms with van der Waals surface area (Å²) in [6.45, 7) is 2.57. The van der Waals surface area contributed by atoms with Crippen LogP contribution in [0.1, 0.15) is 35.3 Å². The number of benzene rings is 3. The van der Waals surface area contributed by atoms with Gasteiger partial charge in [-0.15, -0.1) is 0 Å². The Morgan fingerprint density at radius 2 is 1.12 bits per heavy atom. The number of rotatable bonds is 5. The zero-order chi connectivity index (χ0) is 17.8. The van der Waals surface area contributed by atoms with Crippen LogP contribution in [0.2, 0.25) is 0 Å². The van der Waals surface area contributed by atoms with E-state index in [2.05, 4.69) is 103 Å². The van der Waals surface area contributed by atoms with Crippen LogP contribution in [-0.2, 0) is 0 Å². The van der Waals surface area contributed by atoms with Gasteiger partial charge in [0.1, 0.15) is 0 Å². The van der Waals surface area contributed by atoms with Gasteiger partial charge in [0.25, 0.3) is 0 Å². The van der Waals surface area contributed by atoms with E-state index in [9.17, 15) is 0 Å². The third-order valence-electron chi connectivity index (χ3n) is 5.85. The maximum atomic E-state index is 4.14. The van der Waals surface area contributed by atoms with Gasteiger partial charge >= 0.3 is 159 Å². The van der Waals surface area contributed by atoms with E-state index in [1.54, 1.807) is 0 Å². The summed E-state index contributed by atoms with van der Waals surface area (Å²) in [6, 6.07) is 33.2. The van der Waals surface area contributed by atoms with E-state index in [4.69, 9.17) is 0 Å². The first kappa shape index (κ1) is 17.9. The molecule has 0 radical (unpaired) electrons. The van der Waals surface area contributed by atoms with Gasteiger partial charge in [0.05, 0.1) is 0 Å². The molecule has 134 valence electrons. The van der Waals surface area contributed by atoms with Gasteiger partial charge in [-0.3, -0.25) is 0 Å². The minimum absolute atomic E-state index is 0.671. The molecular weight excluding hydrogens is 352 g/mol. The molecular formula is C23H27NP2. The molecule has 4 rings (SSSR count). The molecule has 1 unspecified atom stereocenters. The van der Waals surface area contributed by atoms with Crippen molar-refractivity contribution in [3.05, 3.63) is 102 Å². The number of hydrogen-bond donors (Lipinski definition) is 1. The molecule has 1 N–H and O–H groups in total. The van der Waals surface area contributed by atoms with Crippen LogP contribution in [0.25, 0.3) is 0 Å². The first-order valence-electron chi connectivity index (χ1n) is 9.45. The van der Waals surface area contributed by atoms with Gasteiger partial charge in [0.2, 0.25) is 0 Å². The topological polar surface area (TPSA) is 12.0 Å². The van der Waals surface area contributed by atoms with Crippen LogP contribution in [0.15, 0.2) is 91.0 Å². The zero-order valence-electron chi connectivity index (χ0n) is 15.2. The molecule has 1 nitrogen and oxygen atoms in total. The first-order chi connectivity index (χ1) is 12.8. The van der Waals surface area contributed by atoms with Crippen molar-refractivity contribution in [2.75, 3.05) is 6.66 Å². The third-order valence-corrected chi connectivity index (χ3v) is 13.3. The Bertz CT molecular complexity index is 773. The van der Waals surface area contributed by atoms with Crippen LogP contribution in [0.5, 0.6) is 0 Å². The minimum atomic E-state index is -1.75. The van der Waals surface area contributed by atoms with Crippen molar-refractivity contribution in [3.8, 4) is 0 Å². The summed E-state index contributed by atoms with van der Waals surface area (Å²) in [5.41, 5.74) is 4.38. The zero-order valence-corrected chi connectivity index (χ0v) is 17.2. The Balaban J connectivity index is 1.66. The molecule has 0 amide bonds. The van der Waals surface area contributed by atoms with Crippen molar-refractivity contribution < 1.29 is 0 Å².